The zero-order chi connectivity index (χ0) is 18.5. The molecule has 26 heavy (non-hydrogen) atoms. The fourth-order valence-corrected chi connectivity index (χ4v) is 3.65. The number of fused-ring (bicyclic) bond motifs is 1. The van der Waals surface area contributed by atoms with Crippen LogP contribution in [0, 0.1) is 0 Å². The van der Waals surface area contributed by atoms with Crippen molar-refractivity contribution in [1.29, 1.82) is 0 Å². The molecule has 3 aromatic carbocycles. The highest BCUT2D eigenvalue weighted by Crippen LogP contribution is 2.29. The largest absolute Gasteiger partial charge is 0.497 e. The Labute approximate surface area is 155 Å². The monoisotopic (exact) mass is 366 g/mol. The number of ketones is 1. The summed E-state index contributed by atoms with van der Waals surface area (Å²) in [5.41, 5.74) is 0.483. The van der Waals surface area contributed by atoms with Crippen molar-refractivity contribution in [3.05, 3.63) is 72.3 Å². The van der Waals surface area contributed by atoms with Gasteiger partial charge in [-0.25, -0.2) is 0 Å². The molecule has 3 aromatic rings. The fraction of sp³-hybridized carbons (Fsp3) is 0.143. The summed E-state index contributed by atoms with van der Waals surface area (Å²) in [5, 5.41) is 10.8. The molecule has 3 rings (SSSR count). The molecule has 0 bridgehead atoms. The number of methoxy groups -OCH3 is 1. The fourth-order valence-electron chi connectivity index (χ4n) is 2.65. The van der Waals surface area contributed by atoms with Crippen molar-refractivity contribution in [3.63, 3.8) is 0 Å². The lowest BCUT2D eigenvalue weighted by molar-refractivity contribution is -0.136. The van der Waals surface area contributed by atoms with Crippen LogP contribution in [-0.4, -0.2) is 29.2 Å². The third kappa shape index (κ3) is 4.24. The molecule has 0 aliphatic carbocycles. The summed E-state index contributed by atoms with van der Waals surface area (Å²) in [6, 6.07) is 20.4. The smallest absolute Gasteiger partial charge is 0.317 e. The second-order valence-electron chi connectivity index (χ2n) is 5.81. The molecule has 0 amide bonds. The predicted molar refractivity (Wildman–Crippen MR) is 103 cm³/mol. The second-order valence-corrected chi connectivity index (χ2v) is 7.09. The van der Waals surface area contributed by atoms with Crippen LogP contribution in [0.15, 0.2) is 71.6 Å². The van der Waals surface area contributed by atoms with Gasteiger partial charge < -0.3 is 9.84 Å². The molecule has 5 heteroatoms. The number of benzene rings is 3. The molecule has 0 aromatic heterocycles. The predicted octanol–water partition coefficient (Wildman–Crippen LogP) is 4.67. The first-order chi connectivity index (χ1) is 12.6. The minimum atomic E-state index is -0.995. The zero-order valence-electron chi connectivity index (χ0n) is 14.2. The SMILES string of the molecule is COc1ccc(C(=O)CC(Sc2ccc3ccccc3c2)C(=O)O)cc1. The molecule has 0 fully saturated rings. The topological polar surface area (TPSA) is 63.6 Å². The average Bonchev–Trinajstić information content (AvgIpc) is 2.67. The van der Waals surface area contributed by atoms with Crippen LogP contribution in [0.3, 0.4) is 0 Å². The molecular formula is C21H18O4S. The van der Waals surface area contributed by atoms with Gasteiger partial charge in [0.1, 0.15) is 11.0 Å². The van der Waals surface area contributed by atoms with Crippen LogP contribution in [0.25, 0.3) is 10.8 Å². The van der Waals surface area contributed by atoms with E-state index < -0.39 is 11.2 Å². The van der Waals surface area contributed by atoms with Crippen LogP contribution < -0.4 is 4.74 Å². The van der Waals surface area contributed by atoms with Crippen molar-refractivity contribution < 1.29 is 19.4 Å². The first-order valence-electron chi connectivity index (χ1n) is 8.12. The number of carbonyl (C=O) groups is 2. The van der Waals surface area contributed by atoms with Gasteiger partial charge in [-0.15, -0.1) is 11.8 Å². The number of carboxylic acids is 1. The molecule has 132 valence electrons. The first-order valence-corrected chi connectivity index (χ1v) is 9.00. The normalized spacial score (nSPS) is 11.9. The van der Waals surface area contributed by atoms with Gasteiger partial charge >= 0.3 is 5.97 Å². The van der Waals surface area contributed by atoms with Gasteiger partial charge in [-0.3, -0.25) is 9.59 Å². The Morgan fingerprint density at radius 1 is 1.00 bits per heavy atom. The lowest BCUT2D eigenvalue weighted by atomic mass is 10.1. The number of aliphatic carboxylic acids is 1. The average molecular weight is 366 g/mol. The van der Waals surface area contributed by atoms with E-state index in [-0.39, 0.29) is 12.2 Å². The highest BCUT2D eigenvalue weighted by Gasteiger charge is 2.23. The molecule has 0 heterocycles. The number of carboxylic acid groups (broad SMARTS) is 1. The summed E-state index contributed by atoms with van der Waals surface area (Å²) in [5.74, 6) is -0.541. The number of carbonyl (C=O) groups excluding carboxylic acids is 1. The van der Waals surface area contributed by atoms with Gasteiger partial charge in [0.2, 0.25) is 0 Å². The number of rotatable bonds is 7. The van der Waals surface area contributed by atoms with E-state index in [9.17, 15) is 14.7 Å². The molecule has 4 nitrogen and oxygen atoms in total. The Balaban J connectivity index is 1.75. The van der Waals surface area contributed by atoms with E-state index in [1.54, 1.807) is 31.4 Å². The maximum atomic E-state index is 12.4. The molecule has 1 atom stereocenters. The van der Waals surface area contributed by atoms with Crippen LogP contribution in [0.2, 0.25) is 0 Å². The Bertz CT molecular complexity index is 934. The maximum absolute atomic E-state index is 12.4. The van der Waals surface area contributed by atoms with Gasteiger partial charge in [0, 0.05) is 16.9 Å². The van der Waals surface area contributed by atoms with E-state index in [4.69, 9.17) is 4.74 Å². The maximum Gasteiger partial charge on any atom is 0.317 e. The van der Waals surface area contributed by atoms with Gasteiger partial charge in [0.25, 0.3) is 0 Å². The molecule has 0 saturated heterocycles. The summed E-state index contributed by atoms with van der Waals surface area (Å²) in [4.78, 5) is 24.9. The quantitative estimate of drug-likeness (QED) is 0.486. The van der Waals surface area contributed by atoms with Crippen LogP contribution in [0.1, 0.15) is 16.8 Å². The third-order valence-corrected chi connectivity index (χ3v) is 5.24. The van der Waals surface area contributed by atoms with Crippen molar-refractivity contribution in [2.45, 2.75) is 16.6 Å². The summed E-state index contributed by atoms with van der Waals surface area (Å²) in [7, 11) is 1.55. The molecular weight excluding hydrogens is 348 g/mol. The van der Waals surface area contributed by atoms with E-state index >= 15 is 0 Å². The minimum absolute atomic E-state index is 0.0703. The minimum Gasteiger partial charge on any atom is -0.497 e. The van der Waals surface area contributed by atoms with Gasteiger partial charge in [-0.1, -0.05) is 30.3 Å². The van der Waals surface area contributed by atoms with Gasteiger partial charge in [-0.2, -0.15) is 0 Å². The molecule has 0 radical (unpaired) electrons. The van der Waals surface area contributed by atoms with Crippen LogP contribution >= 0.6 is 11.8 Å². The highest BCUT2D eigenvalue weighted by molar-refractivity contribution is 8.00. The summed E-state index contributed by atoms with van der Waals surface area (Å²) in [6.07, 6.45) is -0.0703. The summed E-state index contributed by atoms with van der Waals surface area (Å²) in [6.45, 7) is 0. The molecule has 0 saturated carbocycles. The van der Waals surface area contributed by atoms with Crippen LogP contribution in [0.4, 0.5) is 0 Å². The van der Waals surface area contributed by atoms with E-state index in [0.717, 1.165) is 15.7 Å². The Morgan fingerprint density at radius 2 is 1.69 bits per heavy atom. The number of Topliss-reactive ketones (excluding diaryl/α,β-unsaturated/α-hetero) is 1. The van der Waals surface area contributed by atoms with Crippen molar-refractivity contribution in [1.82, 2.24) is 0 Å². The standard InChI is InChI=1S/C21H18O4S/c1-25-17-9-6-15(7-10-17)19(22)13-20(21(23)24)26-18-11-8-14-4-2-3-5-16(14)12-18/h2-12,20H,13H2,1H3,(H,23,24). The Morgan fingerprint density at radius 3 is 2.35 bits per heavy atom. The number of thioether (sulfide) groups is 1. The molecule has 0 aliphatic heterocycles. The van der Waals surface area contributed by atoms with Gasteiger partial charge in [0.05, 0.1) is 7.11 Å². The molecule has 1 unspecified atom stereocenters. The molecule has 1 N–H and O–H groups in total. The van der Waals surface area contributed by atoms with Gasteiger partial charge in [-0.05, 0) is 47.2 Å². The van der Waals surface area contributed by atoms with Crippen molar-refractivity contribution >= 4 is 34.3 Å². The van der Waals surface area contributed by atoms with E-state index in [1.165, 1.54) is 11.8 Å². The summed E-state index contributed by atoms with van der Waals surface area (Å²) < 4.78 is 5.07. The highest BCUT2D eigenvalue weighted by atomic mass is 32.2. The van der Waals surface area contributed by atoms with E-state index in [0.29, 0.717) is 11.3 Å². The lowest BCUT2D eigenvalue weighted by Gasteiger charge is -2.12. The van der Waals surface area contributed by atoms with Crippen molar-refractivity contribution in [2.24, 2.45) is 0 Å². The number of hydrogen-bond acceptors (Lipinski definition) is 4. The Kier molecular flexibility index (Phi) is 5.58. The van der Waals surface area contributed by atoms with Crippen molar-refractivity contribution in [2.75, 3.05) is 7.11 Å². The van der Waals surface area contributed by atoms with Crippen LogP contribution in [0.5, 0.6) is 5.75 Å². The van der Waals surface area contributed by atoms with E-state index in [1.807, 2.05) is 42.5 Å². The zero-order valence-corrected chi connectivity index (χ0v) is 15.0. The van der Waals surface area contributed by atoms with Crippen LogP contribution in [-0.2, 0) is 4.79 Å². The third-order valence-electron chi connectivity index (χ3n) is 4.06. The molecule has 0 aliphatic rings. The molecule has 0 spiro atoms. The van der Waals surface area contributed by atoms with Crippen molar-refractivity contribution in [3.8, 4) is 5.75 Å². The number of hydrogen-bond donors (Lipinski definition) is 1. The van der Waals surface area contributed by atoms with Gasteiger partial charge in [0.15, 0.2) is 5.78 Å². The lowest BCUT2D eigenvalue weighted by Crippen LogP contribution is -2.20. The number of ether oxygens (including phenoxy) is 1. The Hall–Kier alpha value is -2.79. The van der Waals surface area contributed by atoms with E-state index in [2.05, 4.69) is 0 Å². The summed E-state index contributed by atoms with van der Waals surface area (Å²) >= 11 is 1.20. The first kappa shape index (κ1) is 18.0. The second kappa shape index (κ2) is 8.06.